The Hall–Kier alpha value is -0.840. The van der Waals surface area contributed by atoms with Crippen LogP contribution in [0.4, 0.5) is 0 Å². The van der Waals surface area contributed by atoms with Crippen LogP contribution < -0.4 is 5.32 Å². The molecule has 2 rings (SSSR count). The number of carbonyl (C=O) groups is 1. The van der Waals surface area contributed by atoms with Gasteiger partial charge >= 0.3 is 0 Å². The van der Waals surface area contributed by atoms with Gasteiger partial charge in [0.05, 0.1) is 16.5 Å². The standard InChI is InChI=1S/C13H16ClNO2S/c1-9(11-3-2-8-17-11)15-13(16)7-5-10-4-6-12(14)18-10/h4-7,9,11H,2-3,8H2,1H3,(H,15,16)/b7-5+/t9-,11+/m1/s1. The summed E-state index contributed by atoms with van der Waals surface area (Å²) < 4.78 is 6.25. The van der Waals surface area contributed by atoms with Gasteiger partial charge in [-0.2, -0.15) is 0 Å². The van der Waals surface area contributed by atoms with Crippen molar-refractivity contribution in [2.24, 2.45) is 0 Å². The Kier molecular flexibility index (Phi) is 4.80. The Morgan fingerprint density at radius 1 is 1.67 bits per heavy atom. The molecule has 2 atom stereocenters. The summed E-state index contributed by atoms with van der Waals surface area (Å²) >= 11 is 7.26. The van der Waals surface area contributed by atoms with Gasteiger partial charge in [0.2, 0.25) is 5.91 Å². The number of nitrogens with one attached hydrogen (secondary N) is 1. The van der Waals surface area contributed by atoms with E-state index >= 15 is 0 Å². The Balaban J connectivity index is 1.82. The van der Waals surface area contributed by atoms with Gasteiger partial charge in [-0.25, -0.2) is 0 Å². The zero-order valence-electron chi connectivity index (χ0n) is 10.2. The lowest BCUT2D eigenvalue weighted by Gasteiger charge is -2.18. The fraction of sp³-hybridized carbons (Fsp3) is 0.462. The van der Waals surface area contributed by atoms with E-state index in [1.165, 1.54) is 17.4 Å². The number of hydrogen-bond donors (Lipinski definition) is 1. The highest BCUT2D eigenvalue weighted by molar-refractivity contribution is 7.17. The van der Waals surface area contributed by atoms with Crippen LogP contribution in [-0.4, -0.2) is 24.7 Å². The molecule has 0 bridgehead atoms. The summed E-state index contributed by atoms with van der Waals surface area (Å²) in [6.07, 6.45) is 5.56. The smallest absolute Gasteiger partial charge is 0.244 e. The number of amides is 1. The second-order valence-corrected chi connectivity index (χ2v) is 6.07. The number of carbonyl (C=O) groups excluding carboxylic acids is 1. The maximum Gasteiger partial charge on any atom is 0.244 e. The van der Waals surface area contributed by atoms with Crippen molar-refractivity contribution in [3.8, 4) is 0 Å². The van der Waals surface area contributed by atoms with E-state index < -0.39 is 0 Å². The summed E-state index contributed by atoms with van der Waals surface area (Å²) in [5.74, 6) is -0.0949. The van der Waals surface area contributed by atoms with E-state index in [-0.39, 0.29) is 18.1 Å². The van der Waals surface area contributed by atoms with Gasteiger partial charge in [-0.15, -0.1) is 11.3 Å². The summed E-state index contributed by atoms with van der Waals surface area (Å²) in [5.41, 5.74) is 0. The molecule has 1 fully saturated rings. The molecule has 1 aromatic rings. The van der Waals surface area contributed by atoms with Crippen LogP contribution in [0.2, 0.25) is 4.34 Å². The first kappa shape index (κ1) is 13.6. The molecular weight excluding hydrogens is 270 g/mol. The van der Waals surface area contributed by atoms with Gasteiger partial charge in [0.1, 0.15) is 0 Å². The van der Waals surface area contributed by atoms with Gasteiger partial charge in [-0.3, -0.25) is 4.79 Å². The molecule has 0 spiro atoms. The minimum Gasteiger partial charge on any atom is -0.376 e. The van der Waals surface area contributed by atoms with E-state index in [9.17, 15) is 4.79 Å². The second kappa shape index (κ2) is 6.36. The lowest BCUT2D eigenvalue weighted by molar-refractivity contribution is -0.117. The molecule has 1 aliphatic heterocycles. The van der Waals surface area contributed by atoms with Crippen LogP contribution in [0.25, 0.3) is 6.08 Å². The predicted molar refractivity (Wildman–Crippen MR) is 74.9 cm³/mol. The van der Waals surface area contributed by atoms with Crippen LogP contribution in [0.5, 0.6) is 0 Å². The van der Waals surface area contributed by atoms with Crippen LogP contribution in [0.3, 0.4) is 0 Å². The number of thiophene rings is 1. The zero-order valence-corrected chi connectivity index (χ0v) is 11.8. The van der Waals surface area contributed by atoms with Gasteiger partial charge in [-0.1, -0.05) is 11.6 Å². The highest BCUT2D eigenvalue weighted by Crippen LogP contribution is 2.22. The van der Waals surface area contributed by atoms with E-state index in [1.54, 1.807) is 6.08 Å². The third-order valence-electron chi connectivity index (χ3n) is 2.89. The molecule has 0 aromatic carbocycles. The molecule has 3 nitrogen and oxygen atoms in total. The Morgan fingerprint density at radius 3 is 3.11 bits per heavy atom. The van der Waals surface area contributed by atoms with Gasteiger partial charge in [0, 0.05) is 17.6 Å². The molecule has 1 saturated heterocycles. The Morgan fingerprint density at radius 2 is 2.50 bits per heavy atom. The summed E-state index contributed by atoms with van der Waals surface area (Å²) in [7, 11) is 0. The zero-order chi connectivity index (χ0) is 13.0. The molecule has 0 radical (unpaired) electrons. The average Bonchev–Trinajstić information content (AvgIpc) is 2.97. The normalized spacial score (nSPS) is 21.3. The summed E-state index contributed by atoms with van der Waals surface area (Å²) in [5, 5.41) is 2.92. The van der Waals surface area contributed by atoms with Crippen LogP contribution in [-0.2, 0) is 9.53 Å². The number of rotatable bonds is 4. The molecule has 2 heterocycles. The Bertz CT molecular complexity index is 438. The first-order chi connectivity index (χ1) is 8.65. The molecule has 1 N–H and O–H groups in total. The predicted octanol–water partition coefficient (Wildman–Crippen LogP) is 3.10. The minimum absolute atomic E-state index is 0.0524. The maximum atomic E-state index is 11.7. The largest absolute Gasteiger partial charge is 0.376 e. The molecule has 1 aromatic heterocycles. The van der Waals surface area contributed by atoms with Gasteiger partial charge < -0.3 is 10.1 Å². The molecule has 98 valence electrons. The second-order valence-electron chi connectivity index (χ2n) is 4.32. The van der Waals surface area contributed by atoms with Crippen molar-refractivity contribution in [3.63, 3.8) is 0 Å². The lowest BCUT2D eigenvalue weighted by Crippen LogP contribution is -2.39. The summed E-state index contributed by atoms with van der Waals surface area (Å²) in [6.45, 7) is 2.78. The molecular formula is C13H16ClNO2S. The number of ether oxygens (including phenoxy) is 1. The number of halogens is 1. The third kappa shape index (κ3) is 3.83. The van der Waals surface area contributed by atoms with Gasteiger partial charge in [0.25, 0.3) is 0 Å². The van der Waals surface area contributed by atoms with Crippen LogP contribution in [0.1, 0.15) is 24.6 Å². The number of hydrogen-bond acceptors (Lipinski definition) is 3. The maximum absolute atomic E-state index is 11.7. The topological polar surface area (TPSA) is 38.3 Å². The van der Waals surface area contributed by atoms with Crippen molar-refractivity contribution in [2.75, 3.05) is 6.61 Å². The quantitative estimate of drug-likeness (QED) is 0.864. The molecule has 0 aliphatic carbocycles. The van der Waals surface area contributed by atoms with Crippen molar-refractivity contribution in [1.29, 1.82) is 0 Å². The molecule has 1 aliphatic rings. The van der Waals surface area contributed by atoms with Crippen molar-refractivity contribution in [3.05, 3.63) is 27.4 Å². The monoisotopic (exact) mass is 285 g/mol. The van der Waals surface area contributed by atoms with Crippen molar-refractivity contribution < 1.29 is 9.53 Å². The first-order valence-electron chi connectivity index (χ1n) is 6.00. The summed E-state index contributed by atoms with van der Waals surface area (Å²) in [4.78, 5) is 12.7. The van der Waals surface area contributed by atoms with E-state index in [1.807, 2.05) is 19.1 Å². The van der Waals surface area contributed by atoms with Crippen LogP contribution in [0.15, 0.2) is 18.2 Å². The molecule has 0 unspecified atom stereocenters. The van der Waals surface area contributed by atoms with Crippen LogP contribution in [0, 0.1) is 0 Å². The lowest BCUT2D eigenvalue weighted by atomic mass is 10.1. The molecule has 0 saturated carbocycles. The fourth-order valence-corrected chi connectivity index (χ4v) is 2.90. The minimum atomic E-state index is -0.0949. The van der Waals surface area contributed by atoms with Crippen molar-refractivity contribution in [1.82, 2.24) is 5.32 Å². The van der Waals surface area contributed by atoms with Crippen LogP contribution >= 0.6 is 22.9 Å². The third-order valence-corrected chi connectivity index (χ3v) is 4.08. The first-order valence-corrected chi connectivity index (χ1v) is 7.20. The summed E-state index contributed by atoms with van der Waals surface area (Å²) in [6, 6.07) is 3.76. The Labute approximate surface area is 116 Å². The fourth-order valence-electron chi connectivity index (χ4n) is 1.94. The molecule has 5 heteroatoms. The highest BCUT2D eigenvalue weighted by Gasteiger charge is 2.22. The van der Waals surface area contributed by atoms with Gasteiger partial charge in [0.15, 0.2) is 0 Å². The van der Waals surface area contributed by atoms with E-state index in [0.29, 0.717) is 0 Å². The molecule has 18 heavy (non-hydrogen) atoms. The van der Waals surface area contributed by atoms with E-state index in [2.05, 4.69) is 5.32 Å². The van der Waals surface area contributed by atoms with E-state index in [0.717, 1.165) is 28.7 Å². The average molecular weight is 286 g/mol. The van der Waals surface area contributed by atoms with Crippen molar-refractivity contribution in [2.45, 2.75) is 31.9 Å². The van der Waals surface area contributed by atoms with Gasteiger partial charge in [-0.05, 0) is 38.0 Å². The SMILES string of the molecule is C[C@@H](NC(=O)/C=C/c1ccc(Cl)s1)[C@@H]1CCCO1. The van der Waals surface area contributed by atoms with E-state index in [4.69, 9.17) is 16.3 Å². The highest BCUT2D eigenvalue weighted by atomic mass is 35.5. The van der Waals surface area contributed by atoms with Crippen molar-refractivity contribution >= 4 is 34.9 Å². The molecule has 1 amide bonds.